The average molecular weight is 296 g/mol. The quantitative estimate of drug-likeness (QED) is 0.521. The van der Waals surface area contributed by atoms with Gasteiger partial charge in [-0.15, -0.1) is 6.58 Å². The van der Waals surface area contributed by atoms with Gasteiger partial charge < -0.3 is 15.0 Å². The zero-order valence-corrected chi connectivity index (χ0v) is 13.4. The maximum atomic E-state index is 12.5. The van der Waals surface area contributed by atoms with E-state index in [1.54, 1.807) is 11.0 Å². The van der Waals surface area contributed by atoms with Gasteiger partial charge in [-0.05, 0) is 25.2 Å². The lowest BCUT2D eigenvalue weighted by Crippen LogP contribution is -2.63. The van der Waals surface area contributed by atoms with Crippen molar-refractivity contribution >= 4 is 11.8 Å². The molecule has 120 valence electrons. The number of rotatable bonds is 9. The van der Waals surface area contributed by atoms with Gasteiger partial charge in [-0.3, -0.25) is 9.59 Å². The van der Waals surface area contributed by atoms with Crippen LogP contribution in [0.15, 0.2) is 12.7 Å². The van der Waals surface area contributed by atoms with E-state index in [9.17, 15) is 9.59 Å². The van der Waals surface area contributed by atoms with Crippen molar-refractivity contribution in [1.29, 1.82) is 0 Å². The monoisotopic (exact) mass is 296 g/mol. The van der Waals surface area contributed by atoms with E-state index < -0.39 is 6.04 Å². The largest absolute Gasteiger partial charge is 0.379 e. The molecule has 21 heavy (non-hydrogen) atoms. The first kappa shape index (κ1) is 17.7. The van der Waals surface area contributed by atoms with Crippen LogP contribution in [0.5, 0.6) is 0 Å². The molecule has 5 heteroatoms. The van der Waals surface area contributed by atoms with E-state index >= 15 is 0 Å². The molecule has 1 rings (SSSR count). The van der Waals surface area contributed by atoms with Gasteiger partial charge in [-0.1, -0.05) is 26.8 Å². The zero-order chi connectivity index (χ0) is 15.8. The molecular formula is C16H28N2O3. The first-order chi connectivity index (χ1) is 10.0. The Kier molecular flexibility index (Phi) is 7.43. The third kappa shape index (κ3) is 5.16. The van der Waals surface area contributed by atoms with E-state index in [4.69, 9.17) is 4.74 Å². The Labute approximate surface area is 127 Å². The highest BCUT2D eigenvalue weighted by Crippen LogP contribution is 2.17. The molecule has 1 heterocycles. The van der Waals surface area contributed by atoms with Crippen molar-refractivity contribution in [3.05, 3.63) is 12.7 Å². The second kappa shape index (κ2) is 8.82. The molecule has 1 aliphatic rings. The summed E-state index contributed by atoms with van der Waals surface area (Å²) in [7, 11) is 0. The summed E-state index contributed by atoms with van der Waals surface area (Å²) < 4.78 is 5.47. The lowest BCUT2D eigenvalue weighted by Gasteiger charge is -2.39. The summed E-state index contributed by atoms with van der Waals surface area (Å²) in [5, 5.41) is 2.85. The van der Waals surface area contributed by atoms with Crippen LogP contribution in [0.25, 0.3) is 0 Å². The molecule has 0 aromatic carbocycles. The van der Waals surface area contributed by atoms with E-state index in [0.29, 0.717) is 38.5 Å². The smallest absolute Gasteiger partial charge is 0.245 e. The summed E-state index contributed by atoms with van der Waals surface area (Å²) in [6.07, 6.45) is 3.89. The molecule has 1 saturated heterocycles. The van der Waals surface area contributed by atoms with E-state index in [-0.39, 0.29) is 17.9 Å². The van der Waals surface area contributed by atoms with Crippen LogP contribution in [-0.2, 0) is 14.3 Å². The number of nitrogens with one attached hydrogen (secondary N) is 1. The fourth-order valence-corrected chi connectivity index (χ4v) is 2.56. The third-order valence-electron chi connectivity index (χ3n) is 3.61. The van der Waals surface area contributed by atoms with Crippen LogP contribution >= 0.6 is 0 Å². The predicted octanol–water partition coefficient (Wildman–Crippen LogP) is 1.73. The Bertz CT molecular complexity index is 369. The number of piperazine rings is 1. The van der Waals surface area contributed by atoms with Gasteiger partial charge in [-0.25, -0.2) is 0 Å². The van der Waals surface area contributed by atoms with Gasteiger partial charge in [0.2, 0.25) is 11.8 Å². The Balaban J connectivity index is 2.62. The average Bonchev–Trinajstić information content (AvgIpc) is 2.42. The van der Waals surface area contributed by atoms with E-state index in [0.717, 1.165) is 6.42 Å². The summed E-state index contributed by atoms with van der Waals surface area (Å²) in [6, 6.07) is -0.766. The molecule has 1 fully saturated rings. The molecule has 1 aliphatic heterocycles. The molecule has 2 amide bonds. The molecule has 0 radical (unpaired) electrons. The lowest BCUT2D eigenvalue weighted by atomic mass is 9.98. The number of amides is 2. The van der Waals surface area contributed by atoms with Crippen molar-refractivity contribution in [2.45, 2.75) is 52.1 Å². The summed E-state index contributed by atoms with van der Waals surface area (Å²) in [5.41, 5.74) is 0. The maximum absolute atomic E-state index is 12.5. The molecule has 0 bridgehead atoms. The van der Waals surface area contributed by atoms with Gasteiger partial charge >= 0.3 is 0 Å². The Morgan fingerprint density at radius 3 is 2.67 bits per heavy atom. The number of ether oxygens (including phenoxy) is 1. The molecule has 0 aliphatic carbocycles. The summed E-state index contributed by atoms with van der Waals surface area (Å²) >= 11 is 0. The van der Waals surface area contributed by atoms with Crippen molar-refractivity contribution in [2.75, 3.05) is 19.8 Å². The van der Waals surface area contributed by atoms with Gasteiger partial charge in [0.1, 0.15) is 12.1 Å². The van der Waals surface area contributed by atoms with Crippen LogP contribution in [0, 0.1) is 5.92 Å². The summed E-state index contributed by atoms with van der Waals surface area (Å²) in [6.45, 7) is 11.2. The number of hydrogen-bond donors (Lipinski definition) is 1. The number of carbonyl (C=O) groups is 2. The lowest BCUT2D eigenvalue weighted by molar-refractivity contribution is -0.150. The molecule has 2 unspecified atom stereocenters. The van der Waals surface area contributed by atoms with E-state index in [1.165, 1.54) is 0 Å². The second-order valence-corrected chi connectivity index (χ2v) is 5.84. The second-order valence-electron chi connectivity index (χ2n) is 5.84. The van der Waals surface area contributed by atoms with Gasteiger partial charge in [0, 0.05) is 6.54 Å². The molecule has 1 N–H and O–H groups in total. The van der Waals surface area contributed by atoms with Crippen molar-refractivity contribution in [2.24, 2.45) is 5.92 Å². The molecule has 0 saturated carbocycles. The van der Waals surface area contributed by atoms with Gasteiger partial charge in [-0.2, -0.15) is 0 Å². The molecule has 2 atom stereocenters. The molecule has 0 spiro atoms. The molecule has 0 aromatic rings. The van der Waals surface area contributed by atoms with Crippen LogP contribution in [-0.4, -0.2) is 48.6 Å². The minimum Gasteiger partial charge on any atom is -0.379 e. The molecular weight excluding hydrogens is 268 g/mol. The fourth-order valence-electron chi connectivity index (χ4n) is 2.56. The maximum Gasteiger partial charge on any atom is 0.245 e. The van der Waals surface area contributed by atoms with Crippen LogP contribution < -0.4 is 5.32 Å². The minimum absolute atomic E-state index is 0.0162. The van der Waals surface area contributed by atoms with E-state index in [2.05, 4.69) is 11.9 Å². The normalized spacial score (nSPS) is 22.6. The van der Waals surface area contributed by atoms with Gasteiger partial charge in [0.05, 0.1) is 13.2 Å². The van der Waals surface area contributed by atoms with Crippen LogP contribution in [0.4, 0.5) is 0 Å². The first-order valence-electron chi connectivity index (χ1n) is 7.80. The van der Waals surface area contributed by atoms with Gasteiger partial charge in [0.25, 0.3) is 0 Å². The molecule has 5 nitrogen and oxygen atoms in total. The Hall–Kier alpha value is -1.36. The Morgan fingerprint density at radius 1 is 1.38 bits per heavy atom. The highest BCUT2D eigenvalue weighted by atomic mass is 16.5. The fraction of sp³-hybridized carbons (Fsp3) is 0.750. The van der Waals surface area contributed by atoms with E-state index in [1.807, 2.05) is 20.8 Å². The number of carbonyl (C=O) groups excluding carboxylic acids is 2. The van der Waals surface area contributed by atoms with Crippen molar-refractivity contribution in [3.63, 3.8) is 0 Å². The summed E-state index contributed by atoms with van der Waals surface area (Å²) in [5.74, 6) is 0.333. The molecule has 0 aromatic heterocycles. The predicted molar refractivity (Wildman–Crippen MR) is 82.8 cm³/mol. The van der Waals surface area contributed by atoms with Crippen LogP contribution in [0.2, 0.25) is 0 Å². The van der Waals surface area contributed by atoms with Crippen molar-refractivity contribution < 1.29 is 14.3 Å². The van der Waals surface area contributed by atoms with Gasteiger partial charge in [0.15, 0.2) is 0 Å². The topological polar surface area (TPSA) is 58.6 Å². The standard InChI is InChI=1S/C16H28N2O3/c1-5-7-9-21-10-8-18-14(6-2)15(19)17-13(16(18)20)11-12(3)4/h5,12-14H,1,6-11H2,2-4H3,(H,17,19). The first-order valence-corrected chi connectivity index (χ1v) is 7.80. The SMILES string of the molecule is C=CCCOCCN1C(=O)C(CC(C)C)NC(=O)C1CC. The Morgan fingerprint density at radius 2 is 2.10 bits per heavy atom. The highest BCUT2D eigenvalue weighted by molar-refractivity contribution is 5.96. The third-order valence-corrected chi connectivity index (χ3v) is 3.61. The van der Waals surface area contributed by atoms with Crippen molar-refractivity contribution in [3.8, 4) is 0 Å². The number of nitrogens with zero attached hydrogens (tertiary/aromatic N) is 1. The van der Waals surface area contributed by atoms with Crippen LogP contribution in [0.1, 0.15) is 40.0 Å². The van der Waals surface area contributed by atoms with Crippen molar-refractivity contribution in [1.82, 2.24) is 10.2 Å². The van der Waals surface area contributed by atoms with Crippen LogP contribution in [0.3, 0.4) is 0 Å². The summed E-state index contributed by atoms with van der Waals surface area (Å²) in [4.78, 5) is 26.4. The zero-order valence-electron chi connectivity index (χ0n) is 13.4. The minimum atomic E-state index is -0.395. The number of hydrogen-bond acceptors (Lipinski definition) is 3. The highest BCUT2D eigenvalue weighted by Gasteiger charge is 2.39.